The largest absolute Gasteiger partial charge is 0.469 e. The second-order valence-corrected chi connectivity index (χ2v) is 7.18. The summed E-state index contributed by atoms with van der Waals surface area (Å²) in [6.45, 7) is 0.660. The molecule has 8 heteroatoms. The van der Waals surface area contributed by atoms with Crippen LogP contribution in [0.25, 0.3) is 0 Å². The summed E-state index contributed by atoms with van der Waals surface area (Å²) < 4.78 is 4.76. The third-order valence-electron chi connectivity index (χ3n) is 5.24. The van der Waals surface area contributed by atoms with Gasteiger partial charge >= 0.3 is 5.97 Å². The van der Waals surface area contributed by atoms with Crippen molar-refractivity contribution in [2.24, 2.45) is 10.9 Å². The minimum atomic E-state index is -0.310. The maximum Gasteiger partial charge on any atom is 0.307 e. The van der Waals surface area contributed by atoms with E-state index in [1.807, 2.05) is 12.1 Å². The van der Waals surface area contributed by atoms with Gasteiger partial charge in [-0.3, -0.25) is 15.0 Å². The fourth-order valence-electron chi connectivity index (χ4n) is 3.68. The van der Waals surface area contributed by atoms with Crippen molar-refractivity contribution in [2.45, 2.75) is 50.7 Å². The van der Waals surface area contributed by atoms with E-state index in [-0.39, 0.29) is 42.7 Å². The normalized spacial score (nSPS) is 21.6. The first-order valence-electron chi connectivity index (χ1n) is 9.51. The number of benzene rings is 1. The average molecular weight is 386 g/mol. The summed E-state index contributed by atoms with van der Waals surface area (Å²) in [6.07, 6.45) is 3.47. The molecule has 0 saturated carbocycles. The number of nitrogens with two attached hydrogens (primary N) is 1. The van der Waals surface area contributed by atoms with Gasteiger partial charge in [0.2, 0.25) is 5.91 Å². The number of nitrogen functional groups attached to an aromatic ring is 1. The molecule has 1 aromatic carbocycles. The van der Waals surface area contributed by atoms with Gasteiger partial charge in [0.05, 0.1) is 25.7 Å². The molecule has 8 nitrogen and oxygen atoms in total. The summed E-state index contributed by atoms with van der Waals surface area (Å²) in [5.74, 6) is -0.286. The summed E-state index contributed by atoms with van der Waals surface area (Å²) in [4.78, 5) is 31.7. The Morgan fingerprint density at radius 1 is 1.29 bits per heavy atom. The van der Waals surface area contributed by atoms with Crippen LogP contribution in [0.15, 0.2) is 29.4 Å². The van der Waals surface area contributed by atoms with Gasteiger partial charge in [0.1, 0.15) is 11.9 Å². The van der Waals surface area contributed by atoms with E-state index in [4.69, 9.17) is 20.7 Å². The van der Waals surface area contributed by atoms with Crippen molar-refractivity contribution in [3.63, 3.8) is 0 Å². The Kier molecular flexibility index (Phi) is 6.28. The standard InChI is InChI=1S/C20H26N4O4/c1-27-19(26)10-15-4-2-3-9-24(15)18(25)12-16-11-17(23-28-16)13-5-7-14(8-6-13)20(21)22/h5-8,15-16H,2-4,9-12H2,1H3,(H3,21,22)/t15-,16+/m0/s1. The number of nitrogens with one attached hydrogen (secondary N) is 1. The molecule has 0 radical (unpaired) electrons. The number of carbonyl (C=O) groups is 2. The molecule has 2 aliphatic heterocycles. The number of ether oxygens (including phenoxy) is 1. The van der Waals surface area contributed by atoms with Crippen LogP contribution in [0.4, 0.5) is 0 Å². The van der Waals surface area contributed by atoms with Crippen LogP contribution in [0, 0.1) is 5.41 Å². The topological polar surface area (TPSA) is 118 Å². The lowest BCUT2D eigenvalue weighted by molar-refractivity contribution is -0.145. The number of methoxy groups -OCH3 is 1. The number of likely N-dealkylation sites (tertiary alicyclic amines) is 1. The number of esters is 1. The van der Waals surface area contributed by atoms with Gasteiger partial charge in [-0.25, -0.2) is 0 Å². The van der Waals surface area contributed by atoms with E-state index >= 15 is 0 Å². The SMILES string of the molecule is COC(=O)C[C@@H]1CCCCN1C(=O)C[C@H]1CC(c2ccc(C(=N)N)cc2)=NO1. The van der Waals surface area contributed by atoms with Gasteiger partial charge in [0.15, 0.2) is 0 Å². The predicted molar refractivity (Wildman–Crippen MR) is 104 cm³/mol. The number of nitrogens with zero attached hydrogens (tertiary/aromatic N) is 2. The van der Waals surface area contributed by atoms with Gasteiger partial charge in [-0.2, -0.15) is 0 Å². The molecule has 1 fully saturated rings. The first-order chi connectivity index (χ1) is 13.5. The second kappa shape index (κ2) is 8.86. The monoisotopic (exact) mass is 386 g/mol. The number of carbonyl (C=O) groups excluding carboxylic acids is 2. The number of hydrogen-bond acceptors (Lipinski definition) is 6. The van der Waals surface area contributed by atoms with Crippen molar-refractivity contribution in [2.75, 3.05) is 13.7 Å². The summed E-state index contributed by atoms with van der Waals surface area (Å²) in [7, 11) is 1.37. The van der Waals surface area contributed by atoms with Gasteiger partial charge in [0.25, 0.3) is 0 Å². The van der Waals surface area contributed by atoms with Gasteiger partial charge < -0.3 is 20.2 Å². The molecule has 0 bridgehead atoms. The molecule has 28 heavy (non-hydrogen) atoms. The van der Waals surface area contributed by atoms with Crippen LogP contribution >= 0.6 is 0 Å². The van der Waals surface area contributed by atoms with Gasteiger partial charge in [0, 0.05) is 24.6 Å². The van der Waals surface area contributed by atoms with Crippen molar-refractivity contribution in [3.05, 3.63) is 35.4 Å². The van der Waals surface area contributed by atoms with Gasteiger partial charge in [-0.15, -0.1) is 0 Å². The molecule has 0 unspecified atom stereocenters. The van der Waals surface area contributed by atoms with Crippen LogP contribution in [0.5, 0.6) is 0 Å². The Morgan fingerprint density at radius 2 is 2.04 bits per heavy atom. The molecule has 1 saturated heterocycles. The van der Waals surface area contributed by atoms with E-state index in [0.29, 0.717) is 18.5 Å². The Bertz CT molecular complexity index is 775. The Hall–Kier alpha value is -2.90. The highest BCUT2D eigenvalue weighted by Crippen LogP contribution is 2.24. The molecule has 2 aliphatic rings. The van der Waals surface area contributed by atoms with Crippen LogP contribution < -0.4 is 5.73 Å². The quantitative estimate of drug-likeness (QED) is 0.439. The molecule has 1 aromatic rings. The van der Waals surface area contributed by atoms with E-state index < -0.39 is 0 Å². The molecule has 3 N–H and O–H groups in total. The highest BCUT2D eigenvalue weighted by molar-refractivity contribution is 6.02. The number of amidine groups is 1. The third kappa shape index (κ3) is 4.68. The molecule has 0 aromatic heterocycles. The zero-order valence-corrected chi connectivity index (χ0v) is 16.0. The van der Waals surface area contributed by atoms with E-state index in [9.17, 15) is 9.59 Å². The van der Waals surface area contributed by atoms with Crippen LogP contribution in [0.1, 0.15) is 49.7 Å². The number of piperidine rings is 1. The lowest BCUT2D eigenvalue weighted by atomic mass is 9.97. The van der Waals surface area contributed by atoms with Gasteiger partial charge in [-0.1, -0.05) is 29.4 Å². The summed E-state index contributed by atoms with van der Waals surface area (Å²) in [5.41, 5.74) is 7.79. The lowest BCUT2D eigenvalue weighted by Gasteiger charge is -2.35. The Morgan fingerprint density at radius 3 is 2.71 bits per heavy atom. The van der Waals surface area contributed by atoms with Crippen molar-refractivity contribution in [3.8, 4) is 0 Å². The van der Waals surface area contributed by atoms with Crippen LogP contribution in [-0.4, -0.2) is 54.1 Å². The third-order valence-corrected chi connectivity index (χ3v) is 5.24. The number of oxime groups is 1. The minimum absolute atomic E-state index is 0.0121. The van der Waals surface area contributed by atoms with Crippen LogP contribution in [0.2, 0.25) is 0 Å². The highest BCUT2D eigenvalue weighted by Gasteiger charge is 2.32. The Balaban J connectivity index is 1.56. The van der Waals surface area contributed by atoms with E-state index in [1.54, 1.807) is 17.0 Å². The summed E-state index contributed by atoms with van der Waals surface area (Å²) in [5, 5.41) is 11.6. The fourth-order valence-corrected chi connectivity index (χ4v) is 3.68. The van der Waals surface area contributed by atoms with E-state index in [2.05, 4.69) is 5.16 Å². The molecule has 1 amide bonds. The highest BCUT2D eigenvalue weighted by atomic mass is 16.6. The summed E-state index contributed by atoms with van der Waals surface area (Å²) >= 11 is 0. The van der Waals surface area contributed by atoms with Crippen LogP contribution in [0.3, 0.4) is 0 Å². The summed E-state index contributed by atoms with van der Waals surface area (Å²) in [6, 6.07) is 7.13. The molecule has 150 valence electrons. The van der Waals surface area contributed by atoms with E-state index in [1.165, 1.54) is 7.11 Å². The maximum atomic E-state index is 12.8. The second-order valence-electron chi connectivity index (χ2n) is 7.18. The molecule has 3 rings (SSSR count). The lowest BCUT2D eigenvalue weighted by Crippen LogP contribution is -2.45. The number of hydrogen-bond donors (Lipinski definition) is 2. The molecule has 2 atom stereocenters. The number of amides is 1. The van der Waals surface area contributed by atoms with Crippen molar-refractivity contribution < 1.29 is 19.2 Å². The van der Waals surface area contributed by atoms with Crippen molar-refractivity contribution >= 4 is 23.4 Å². The maximum absolute atomic E-state index is 12.8. The molecule has 0 spiro atoms. The van der Waals surface area contributed by atoms with Gasteiger partial charge in [-0.05, 0) is 24.8 Å². The zero-order chi connectivity index (χ0) is 20.1. The first kappa shape index (κ1) is 19.9. The minimum Gasteiger partial charge on any atom is -0.469 e. The predicted octanol–water partition coefficient (Wildman–Crippen LogP) is 1.80. The number of rotatable bonds is 6. The van der Waals surface area contributed by atoms with Crippen LogP contribution in [-0.2, 0) is 19.2 Å². The molecular formula is C20H26N4O4. The van der Waals surface area contributed by atoms with Crippen molar-refractivity contribution in [1.82, 2.24) is 4.90 Å². The molecular weight excluding hydrogens is 360 g/mol. The average Bonchev–Trinajstić information content (AvgIpc) is 3.16. The Labute approximate surface area is 164 Å². The smallest absolute Gasteiger partial charge is 0.307 e. The van der Waals surface area contributed by atoms with Crippen molar-refractivity contribution in [1.29, 1.82) is 5.41 Å². The molecule has 0 aliphatic carbocycles. The molecule has 2 heterocycles. The zero-order valence-electron chi connectivity index (χ0n) is 16.0. The van der Waals surface area contributed by atoms with E-state index in [0.717, 1.165) is 30.5 Å². The fraction of sp³-hybridized carbons (Fsp3) is 0.500. The first-order valence-corrected chi connectivity index (χ1v) is 9.51.